The molecular formula is C15H21N3O2. The van der Waals surface area contributed by atoms with Gasteiger partial charge in [0.1, 0.15) is 5.75 Å². The summed E-state index contributed by atoms with van der Waals surface area (Å²) in [6.07, 6.45) is 1.88. The molecule has 1 atom stereocenters. The van der Waals surface area contributed by atoms with Crippen molar-refractivity contribution in [3.8, 4) is 5.75 Å². The average molecular weight is 275 g/mol. The standard InChI is InChI=1S/C15H21N3O2/c1-10(14-8-16-18(3)11(14)2)17-13-5-6-15(20-4)12(7-13)9-19/h5-8,10,17,19H,9H2,1-4H3. The van der Waals surface area contributed by atoms with Crippen molar-refractivity contribution in [1.29, 1.82) is 0 Å². The summed E-state index contributed by atoms with van der Waals surface area (Å²) in [5, 5.41) is 17.0. The van der Waals surface area contributed by atoms with Gasteiger partial charge in [-0.1, -0.05) is 0 Å². The van der Waals surface area contributed by atoms with Crippen molar-refractivity contribution < 1.29 is 9.84 Å². The quantitative estimate of drug-likeness (QED) is 0.879. The molecule has 0 saturated heterocycles. The highest BCUT2D eigenvalue weighted by molar-refractivity contribution is 5.52. The summed E-state index contributed by atoms with van der Waals surface area (Å²) in [7, 11) is 3.53. The van der Waals surface area contributed by atoms with E-state index in [1.54, 1.807) is 7.11 Å². The Bertz CT molecular complexity index is 593. The number of anilines is 1. The normalized spacial score (nSPS) is 12.2. The predicted molar refractivity (Wildman–Crippen MR) is 78.9 cm³/mol. The second-order valence-electron chi connectivity index (χ2n) is 4.86. The molecule has 1 unspecified atom stereocenters. The van der Waals surface area contributed by atoms with Crippen LogP contribution < -0.4 is 10.1 Å². The van der Waals surface area contributed by atoms with Crippen molar-refractivity contribution >= 4 is 5.69 Å². The maximum atomic E-state index is 9.35. The maximum absolute atomic E-state index is 9.35. The van der Waals surface area contributed by atoms with Gasteiger partial charge in [0.2, 0.25) is 0 Å². The van der Waals surface area contributed by atoms with E-state index in [0.29, 0.717) is 5.75 Å². The van der Waals surface area contributed by atoms with Gasteiger partial charge in [-0.25, -0.2) is 0 Å². The molecule has 108 valence electrons. The molecule has 0 bridgehead atoms. The summed E-state index contributed by atoms with van der Waals surface area (Å²) in [4.78, 5) is 0. The second-order valence-corrected chi connectivity index (χ2v) is 4.86. The lowest BCUT2D eigenvalue weighted by molar-refractivity contribution is 0.274. The molecule has 0 spiro atoms. The Morgan fingerprint density at radius 2 is 2.20 bits per heavy atom. The van der Waals surface area contributed by atoms with E-state index in [0.717, 1.165) is 22.5 Å². The largest absolute Gasteiger partial charge is 0.496 e. The van der Waals surface area contributed by atoms with Gasteiger partial charge in [-0.3, -0.25) is 4.68 Å². The third kappa shape index (κ3) is 2.77. The molecule has 0 amide bonds. The Hall–Kier alpha value is -2.01. The van der Waals surface area contributed by atoms with Crippen LogP contribution in [0.25, 0.3) is 0 Å². The van der Waals surface area contributed by atoms with Crippen molar-refractivity contribution in [2.75, 3.05) is 12.4 Å². The van der Waals surface area contributed by atoms with Crippen molar-refractivity contribution in [3.05, 3.63) is 41.2 Å². The SMILES string of the molecule is COc1ccc(NC(C)c2cnn(C)c2C)cc1CO. The van der Waals surface area contributed by atoms with Gasteiger partial charge in [-0.05, 0) is 32.0 Å². The molecule has 2 N–H and O–H groups in total. The van der Waals surface area contributed by atoms with E-state index >= 15 is 0 Å². The Labute approximate surface area is 119 Å². The van der Waals surface area contributed by atoms with Crippen LogP contribution in [0.3, 0.4) is 0 Å². The third-order valence-corrected chi connectivity index (χ3v) is 3.57. The molecule has 0 aliphatic rings. The van der Waals surface area contributed by atoms with E-state index in [1.807, 2.05) is 43.0 Å². The monoisotopic (exact) mass is 275 g/mol. The number of aliphatic hydroxyl groups is 1. The first kappa shape index (κ1) is 14.4. The smallest absolute Gasteiger partial charge is 0.124 e. The lowest BCUT2D eigenvalue weighted by Gasteiger charge is -2.16. The molecule has 0 aliphatic carbocycles. The third-order valence-electron chi connectivity index (χ3n) is 3.57. The van der Waals surface area contributed by atoms with Crippen molar-refractivity contribution in [2.45, 2.75) is 26.5 Å². The zero-order chi connectivity index (χ0) is 14.7. The summed E-state index contributed by atoms with van der Waals surface area (Å²) >= 11 is 0. The minimum atomic E-state index is -0.0427. The molecular weight excluding hydrogens is 254 g/mol. The van der Waals surface area contributed by atoms with Gasteiger partial charge in [0.25, 0.3) is 0 Å². The number of nitrogens with one attached hydrogen (secondary N) is 1. The van der Waals surface area contributed by atoms with Gasteiger partial charge < -0.3 is 15.2 Å². The lowest BCUT2D eigenvalue weighted by Crippen LogP contribution is -2.08. The number of aliphatic hydroxyl groups excluding tert-OH is 1. The van der Waals surface area contributed by atoms with E-state index in [-0.39, 0.29) is 12.6 Å². The van der Waals surface area contributed by atoms with Crippen LogP contribution in [0.4, 0.5) is 5.69 Å². The first-order valence-corrected chi connectivity index (χ1v) is 6.59. The number of hydrogen-bond acceptors (Lipinski definition) is 4. The van der Waals surface area contributed by atoms with Gasteiger partial charge in [0, 0.05) is 29.6 Å². The van der Waals surface area contributed by atoms with Crippen LogP contribution in [0, 0.1) is 6.92 Å². The summed E-state index contributed by atoms with van der Waals surface area (Å²) in [5.41, 5.74) is 4.02. The number of ether oxygens (including phenoxy) is 1. The van der Waals surface area contributed by atoms with Crippen molar-refractivity contribution in [2.24, 2.45) is 7.05 Å². The van der Waals surface area contributed by atoms with Crippen LogP contribution in [-0.2, 0) is 13.7 Å². The second kappa shape index (κ2) is 5.96. The van der Waals surface area contributed by atoms with Crippen molar-refractivity contribution in [1.82, 2.24) is 9.78 Å². The van der Waals surface area contributed by atoms with Crippen molar-refractivity contribution in [3.63, 3.8) is 0 Å². The highest BCUT2D eigenvalue weighted by Crippen LogP contribution is 2.26. The van der Waals surface area contributed by atoms with Crippen LogP contribution in [0.5, 0.6) is 5.75 Å². The highest BCUT2D eigenvalue weighted by Gasteiger charge is 2.12. The van der Waals surface area contributed by atoms with Crippen LogP contribution >= 0.6 is 0 Å². The number of nitrogens with zero attached hydrogens (tertiary/aromatic N) is 2. The summed E-state index contributed by atoms with van der Waals surface area (Å²) in [6, 6.07) is 5.85. The van der Waals surface area contributed by atoms with Gasteiger partial charge >= 0.3 is 0 Å². The molecule has 0 radical (unpaired) electrons. The van der Waals surface area contributed by atoms with Gasteiger partial charge in [0.15, 0.2) is 0 Å². The van der Waals surface area contributed by atoms with E-state index < -0.39 is 0 Å². The molecule has 2 aromatic rings. The summed E-state index contributed by atoms with van der Waals surface area (Å²) < 4.78 is 7.06. The zero-order valence-corrected chi connectivity index (χ0v) is 12.3. The van der Waals surface area contributed by atoms with Gasteiger partial charge in [0.05, 0.1) is 26.0 Å². The van der Waals surface area contributed by atoms with E-state index in [1.165, 1.54) is 0 Å². The molecule has 0 fully saturated rings. The lowest BCUT2D eigenvalue weighted by atomic mass is 10.1. The minimum absolute atomic E-state index is 0.0427. The number of benzene rings is 1. The molecule has 1 aromatic carbocycles. The topological polar surface area (TPSA) is 59.3 Å². The molecule has 2 rings (SSSR count). The van der Waals surface area contributed by atoms with Crippen LogP contribution in [-0.4, -0.2) is 22.0 Å². The van der Waals surface area contributed by atoms with E-state index in [2.05, 4.69) is 17.3 Å². The minimum Gasteiger partial charge on any atom is -0.496 e. The fourth-order valence-corrected chi connectivity index (χ4v) is 2.26. The summed E-state index contributed by atoms with van der Waals surface area (Å²) in [5.74, 6) is 0.697. The first-order valence-electron chi connectivity index (χ1n) is 6.59. The summed E-state index contributed by atoms with van der Waals surface area (Å²) in [6.45, 7) is 4.10. The van der Waals surface area contributed by atoms with Gasteiger partial charge in [-0.15, -0.1) is 0 Å². The number of aryl methyl sites for hydroxylation is 1. The predicted octanol–water partition coefficient (Wildman–Crippen LogP) is 2.40. The first-order chi connectivity index (χ1) is 9.56. The zero-order valence-electron chi connectivity index (χ0n) is 12.3. The molecule has 1 aromatic heterocycles. The Balaban J connectivity index is 2.19. The average Bonchev–Trinajstić information content (AvgIpc) is 2.79. The molecule has 0 aliphatic heterocycles. The maximum Gasteiger partial charge on any atom is 0.124 e. The Kier molecular flexibility index (Phi) is 4.29. The molecule has 20 heavy (non-hydrogen) atoms. The van der Waals surface area contributed by atoms with E-state index in [9.17, 15) is 5.11 Å². The molecule has 5 nitrogen and oxygen atoms in total. The number of rotatable bonds is 5. The van der Waals surface area contributed by atoms with Crippen LogP contribution in [0.2, 0.25) is 0 Å². The highest BCUT2D eigenvalue weighted by atomic mass is 16.5. The van der Waals surface area contributed by atoms with Crippen LogP contribution in [0.15, 0.2) is 24.4 Å². The molecule has 5 heteroatoms. The number of methoxy groups -OCH3 is 1. The van der Waals surface area contributed by atoms with Gasteiger partial charge in [-0.2, -0.15) is 5.10 Å². The molecule has 1 heterocycles. The fourth-order valence-electron chi connectivity index (χ4n) is 2.26. The fraction of sp³-hybridized carbons (Fsp3) is 0.400. The Morgan fingerprint density at radius 3 is 2.75 bits per heavy atom. The number of aromatic nitrogens is 2. The number of hydrogen-bond donors (Lipinski definition) is 2. The van der Waals surface area contributed by atoms with E-state index in [4.69, 9.17) is 4.74 Å². The molecule has 0 saturated carbocycles. The Morgan fingerprint density at radius 1 is 1.45 bits per heavy atom. The van der Waals surface area contributed by atoms with Crippen LogP contribution in [0.1, 0.15) is 29.8 Å².